The van der Waals surface area contributed by atoms with Gasteiger partial charge in [-0.25, -0.2) is 0 Å². The van der Waals surface area contributed by atoms with Gasteiger partial charge in [-0.3, -0.25) is 0 Å². The van der Waals surface area contributed by atoms with E-state index < -0.39 is 0 Å². The normalized spacial score (nSPS) is 21.8. The Morgan fingerprint density at radius 2 is 2.31 bits per heavy atom. The van der Waals surface area contributed by atoms with Crippen LogP contribution < -0.4 is 10.1 Å². The molecular formula is C10H13NOS. The van der Waals surface area contributed by atoms with E-state index in [1.165, 1.54) is 11.3 Å². The Bertz CT molecular complexity index is 284. The van der Waals surface area contributed by atoms with Crippen molar-refractivity contribution in [3.63, 3.8) is 0 Å². The third kappa shape index (κ3) is 1.81. The molecule has 2 rings (SSSR count). The Labute approximate surface area is 82.7 Å². The van der Waals surface area contributed by atoms with Crippen LogP contribution in [-0.4, -0.2) is 19.4 Å². The minimum absolute atomic E-state index is 0.413. The summed E-state index contributed by atoms with van der Waals surface area (Å²) < 4.78 is 5.30. The zero-order valence-corrected chi connectivity index (χ0v) is 8.43. The fourth-order valence-electron chi connectivity index (χ4n) is 1.51. The van der Waals surface area contributed by atoms with Gasteiger partial charge in [-0.1, -0.05) is 18.2 Å². The highest BCUT2D eigenvalue weighted by Crippen LogP contribution is 2.35. The summed E-state index contributed by atoms with van der Waals surface area (Å²) in [6, 6.07) is 8.19. The molecule has 1 N–H and O–H groups in total. The largest absolute Gasteiger partial charge is 0.496 e. The molecule has 1 aliphatic heterocycles. The maximum absolute atomic E-state index is 5.30. The van der Waals surface area contributed by atoms with Crippen molar-refractivity contribution in [3.05, 3.63) is 29.8 Å². The molecule has 0 radical (unpaired) electrons. The molecule has 3 heteroatoms. The van der Waals surface area contributed by atoms with Gasteiger partial charge >= 0.3 is 0 Å². The van der Waals surface area contributed by atoms with Gasteiger partial charge in [0.25, 0.3) is 0 Å². The highest BCUT2D eigenvalue weighted by atomic mass is 32.2. The number of methoxy groups -OCH3 is 1. The zero-order chi connectivity index (χ0) is 9.10. The monoisotopic (exact) mass is 195 g/mol. The molecule has 1 atom stereocenters. The van der Waals surface area contributed by atoms with Gasteiger partial charge in [0, 0.05) is 17.9 Å². The molecule has 0 bridgehead atoms. The summed E-state index contributed by atoms with van der Waals surface area (Å²) in [5.41, 5.74) is 1.26. The summed E-state index contributed by atoms with van der Waals surface area (Å²) in [7, 11) is 1.72. The smallest absolute Gasteiger partial charge is 0.124 e. The fraction of sp³-hybridized carbons (Fsp3) is 0.400. The Hall–Kier alpha value is -0.670. The standard InChI is InChI=1S/C10H13NOS/c1-12-9-5-3-2-4-8(9)10-11-6-7-13-10/h2-5,10-11H,6-7H2,1H3. The van der Waals surface area contributed by atoms with Crippen molar-refractivity contribution in [2.45, 2.75) is 5.37 Å². The lowest BCUT2D eigenvalue weighted by Crippen LogP contribution is -2.12. The van der Waals surface area contributed by atoms with E-state index in [9.17, 15) is 0 Å². The van der Waals surface area contributed by atoms with Crippen LogP contribution in [0.15, 0.2) is 24.3 Å². The first-order valence-electron chi connectivity index (χ1n) is 4.40. The molecule has 1 heterocycles. The molecule has 0 amide bonds. The molecule has 1 fully saturated rings. The molecule has 13 heavy (non-hydrogen) atoms. The quantitative estimate of drug-likeness (QED) is 0.780. The molecule has 2 nitrogen and oxygen atoms in total. The molecule has 1 aromatic carbocycles. The topological polar surface area (TPSA) is 21.3 Å². The van der Waals surface area contributed by atoms with E-state index in [4.69, 9.17) is 4.74 Å². The van der Waals surface area contributed by atoms with Gasteiger partial charge in [-0.2, -0.15) is 0 Å². The summed E-state index contributed by atoms with van der Waals surface area (Å²) >= 11 is 1.93. The SMILES string of the molecule is COc1ccccc1C1NCCS1. The molecule has 1 aliphatic rings. The summed E-state index contributed by atoms with van der Waals surface area (Å²) in [4.78, 5) is 0. The summed E-state index contributed by atoms with van der Waals surface area (Å²) in [6.45, 7) is 1.09. The number of hydrogen-bond acceptors (Lipinski definition) is 3. The summed E-state index contributed by atoms with van der Waals surface area (Å²) in [5, 5.41) is 3.84. The van der Waals surface area contributed by atoms with Crippen molar-refractivity contribution in [2.24, 2.45) is 0 Å². The molecule has 0 aliphatic carbocycles. The molecule has 0 aromatic heterocycles. The van der Waals surface area contributed by atoms with E-state index in [1.807, 2.05) is 23.9 Å². The van der Waals surface area contributed by atoms with Crippen molar-refractivity contribution in [1.82, 2.24) is 5.32 Å². The van der Waals surface area contributed by atoms with Crippen molar-refractivity contribution in [3.8, 4) is 5.75 Å². The molecule has 70 valence electrons. The maximum Gasteiger partial charge on any atom is 0.124 e. The van der Waals surface area contributed by atoms with Crippen molar-refractivity contribution in [1.29, 1.82) is 0 Å². The Balaban J connectivity index is 2.26. The van der Waals surface area contributed by atoms with Gasteiger partial charge in [-0.15, -0.1) is 11.8 Å². The van der Waals surface area contributed by atoms with E-state index in [1.54, 1.807) is 7.11 Å². The average molecular weight is 195 g/mol. The molecule has 0 spiro atoms. The number of nitrogens with one attached hydrogen (secondary N) is 1. The fourth-order valence-corrected chi connectivity index (χ4v) is 2.59. The molecule has 0 saturated carbocycles. The van der Waals surface area contributed by atoms with Crippen LogP contribution in [-0.2, 0) is 0 Å². The molecular weight excluding hydrogens is 182 g/mol. The Morgan fingerprint density at radius 1 is 1.46 bits per heavy atom. The predicted octanol–water partition coefficient (Wildman–Crippen LogP) is 2.03. The van der Waals surface area contributed by atoms with E-state index >= 15 is 0 Å². The zero-order valence-electron chi connectivity index (χ0n) is 7.62. The van der Waals surface area contributed by atoms with Crippen molar-refractivity contribution >= 4 is 11.8 Å². The van der Waals surface area contributed by atoms with E-state index in [-0.39, 0.29) is 0 Å². The van der Waals surface area contributed by atoms with Crippen LogP contribution >= 0.6 is 11.8 Å². The first kappa shape index (κ1) is 8.91. The predicted molar refractivity (Wildman–Crippen MR) is 56.2 cm³/mol. The number of thioether (sulfide) groups is 1. The van der Waals surface area contributed by atoms with Gasteiger partial charge < -0.3 is 10.1 Å². The molecule has 1 unspecified atom stereocenters. The van der Waals surface area contributed by atoms with Crippen LogP contribution in [0.3, 0.4) is 0 Å². The van der Waals surface area contributed by atoms with Crippen LogP contribution in [0.4, 0.5) is 0 Å². The second-order valence-corrected chi connectivity index (χ2v) is 4.16. The number of ether oxygens (including phenoxy) is 1. The third-order valence-corrected chi connectivity index (χ3v) is 3.33. The second kappa shape index (κ2) is 4.03. The van der Waals surface area contributed by atoms with Gasteiger partial charge in [0.05, 0.1) is 12.5 Å². The van der Waals surface area contributed by atoms with E-state index in [2.05, 4.69) is 17.4 Å². The highest BCUT2D eigenvalue weighted by Gasteiger charge is 2.19. The first-order valence-corrected chi connectivity index (χ1v) is 5.44. The van der Waals surface area contributed by atoms with Gasteiger partial charge in [0.1, 0.15) is 5.75 Å². The number of hydrogen-bond donors (Lipinski definition) is 1. The van der Waals surface area contributed by atoms with Crippen molar-refractivity contribution in [2.75, 3.05) is 19.4 Å². The number of para-hydroxylation sites is 1. The average Bonchev–Trinajstić information content (AvgIpc) is 2.70. The highest BCUT2D eigenvalue weighted by molar-refractivity contribution is 7.99. The third-order valence-electron chi connectivity index (χ3n) is 2.14. The Morgan fingerprint density at radius 3 is 3.00 bits per heavy atom. The lowest BCUT2D eigenvalue weighted by atomic mass is 10.2. The van der Waals surface area contributed by atoms with Crippen LogP contribution in [0.5, 0.6) is 5.75 Å². The van der Waals surface area contributed by atoms with E-state index in [0.717, 1.165) is 12.3 Å². The van der Waals surface area contributed by atoms with Crippen LogP contribution in [0.25, 0.3) is 0 Å². The Kier molecular flexibility index (Phi) is 2.76. The van der Waals surface area contributed by atoms with Crippen LogP contribution in [0, 0.1) is 0 Å². The van der Waals surface area contributed by atoms with Crippen LogP contribution in [0.2, 0.25) is 0 Å². The van der Waals surface area contributed by atoms with Crippen molar-refractivity contribution < 1.29 is 4.74 Å². The van der Waals surface area contributed by atoms with Gasteiger partial charge in [0.15, 0.2) is 0 Å². The van der Waals surface area contributed by atoms with Crippen LogP contribution in [0.1, 0.15) is 10.9 Å². The van der Waals surface area contributed by atoms with Gasteiger partial charge in [0.2, 0.25) is 0 Å². The summed E-state index contributed by atoms with van der Waals surface area (Å²) in [5.74, 6) is 2.16. The minimum atomic E-state index is 0.413. The molecule has 1 aromatic rings. The first-order chi connectivity index (χ1) is 6.42. The lowest BCUT2D eigenvalue weighted by molar-refractivity contribution is 0.408. The minimum Gasteiger partial charge on any atom is -0.496 e. The number of rotatable bonds is 2. The maximum atomic E-state index is 5.30. The summed E-state index contributed by atoms with van der Waals surface area (Å²) in [6.07, 6.45) is 0. The number of benzene rings is 1. The molecule has 1 saturated heterocycles. The lowest BCUT2D eigenvalue weighted by Gasteiger charge is -2.13. The van der Waals surface area contributed by atoms with Gasteiger partial charge in [-0.05, 0) is 6.07 Å². The second-order valence-electron chi connectivity index (χ2n) is 2.95. The van der Waals surface area contributed by atoms with E-state index in [0.29, 0.717) is 5.37 Å².